The highest BCUT2D eigenvalue weighted by atomic mass is 16.6. The molecule has 7 N–H and O–H groups in total. The van der Waals surface area contributed by atoms with Gasteiger partial charge in [0.2, 0.25) is 0 Å². The number of nitrogens with zero attached hydrogens (tertiary/aromatic N) is 2. The van der Waals surface area contributed by atoms with Gasteiger partial charge in [-0.25, -0.2) is 4.98 Å². The molecule has 0 amide bonds. The molecule has 9 nitrogen and oxygen atoms in total. The first kappa shape index (κ1) is 13.7. The van der Waals surface area contributed by atoms with Crippen LogP contribution in [0.2, 0.25) is 0 Å². The molecular weight excluding hydrogens is 254 g/mol. The first-order valence-corrected chi connectivity index (χ1v) is 5.73. The van der Waals surface area contributed by atoms with Crippen molar-refractivity contribution in [2.75, 3.05) is 11.9 Å². The first-order valence-electron chi connectivity index (χ1n) is 5.73. The van der Waals surface area contributed by atoms with Crippen molar-refractivity contribution < 1.29 is 20.1 Å². The topological polar surface area (TPSA) is 150 Å². The summed E-state index contributed by atoms with van der Waals surface area (Å²) >= 11 is 0. The Balaban J connectivity index is 2.22. The fourth-order valence-corrected chi connectivity index (χ4v) is 2.05. The number of hydrogen-bond donors (Lipinski definition) is 6. The zero-order valence-electron chi connectivity index (χ0n) is 10.3. The molecule has 0 aromatic carbocycles. The van der Waals surface area contributed by atoms with Gasteiger partial charge in [-0.05, 0) is 6.92 Å². The average Bonchev–Trinajstić information content (AvgIpc) is 2.81. The monoisotopic (exact) mass is 271 g/mol. The number of hydrogen-bond acceptors (Lipinski definition) is 6. The summed E-state index contributed by atoms with van der Waals surface area (Å²) in [6.07, 6.45) is -2.51. The van der Waals surface area contributed by atoms with E-state index >= 15 is 0 Å². The Bertz CT molecular complexity index is 476. The molecule has 1 fully saturated rings. The third kappa shape index (κ3) is 2.54. The van der Waals surface area contributed by atoms with E-state index in [9.17, 15) is 10.2 Å². The highest BCUT2D eigenvalue weighted by Crippen LogP contribution is 2.30. The minimum Gasteiger partial charge on any atom is -0.394 e. The highest BCUT2D eigenvalue weighted by Gasteiger charge is 2.43. The standard InChI is InChI=1S/C10H17N5O4/c1-4-13-6(14-10(11)12)2-15(4)9-8(18)7(17)5(3-16)19-9/h2,5,7-9,16-18H,3H2,1H3,(H4,11,12,14)/t5-,7-,8-,9-/m1/s1. The van der Waals surface area contributed by atoms with Gasteiger partial charge in [-0.2, -0.15) is 0 Å². The van der Waals surface area contributed by atoms with Crippen LogP contribution in [0.1, 0.15) is 12.1 Å². The van der Waals surface area contributed by atoms with Gasteiger partial charge in [0.05, 0.1) is 12.8 Å². The fraction of sp³-hybridized carbons (Fsp3) is 0.600. The minimum absolute atomic E-state index is 0.259. The van der Waals surface area contributed by atoms with E-state index < -0.39 is 24.5 Å². The second kappa shape index (κ2) is 5.13. The van der Waals surface area contributed by atoms with Gasteiger partial charge < -0.3 is 35.7 Å². The van der Waals surface area contributed by atoms with E-state index in [1.807, 2.05) is 0 Å². The number of nitrogens with one attached hydrogen (secondary N) is 2. The molecule has 2 heterocycles. The summed E-state index contributed by atoms with van der Waals surface area (Å²) in [6, 6.07) is 0. The largest absolute Gasteiger partial charge is 0.394 e. The molecule has 9 heteroatoms. The van der Waals surface area contributed by atoms with Gasteiger partial charge in [0.1, 0.15) is 24.1 Å². The molecular formula is C10H17N5O4. The SMILES string of the molecule is Cc1nc(NC(=N)N)cn1[C@@H]1O[C@H](CO)[C@@H](O)[C@H]1O. The lowest BCUT2D eigenvalue weighted by atomic mass is 10.1. The van der Waals surface area contributed by atoms with Crippen molar-refractivity contribution in [3.63, 3.8) is 0 Å². The molecule has 1 saturated heterocycles. The molecule has 0 radical (unpaired) electrons. The number of aromatic nitrogens is 2. The number of ether oxygens (including phenoxy) is 1. The smallest absolute Gasteiger partial charge is 0.191 e. The number of aliphatic hydroxyl groups excluding tert-OH is 3. The summed E-state index contributed by atoms with van der Waals surface area (Å²) in [4.78, 5) is 4.10. The van der Waals surface area contributed by atoms with Crippen molar-refractivity contribution in [2.24, 2.45) is 5.73 Å². The summed E-state index contributed by atoms with van der Waals surface area (Å²) in [6.45, 7) is 1.29. The normalized spacial score (nSPS) is 30.5. The molecule has 0 saturated carbocycles. The maximum Gasteiger partial charge on any atom is 0.191 e. The fourth-order valence-electron chi connectivity index (χ4n) is 2.05. The third-order valence-corrected chi connectivity index (χ3v) is 2.97. The first-order chi connectivity index (χ1) is 8.93. The van der Waals surface area contributed by atoms with E-state index in [-0.39, 0.29) is 12.6 Å². The Morgan fingerprint density at radius 3 is 2.79 bits per heavy atom. The lowest BCUT2D eigenvalue weighted by Crippen LogP contribution is -2.33. The Hall–Kier alpha value is -1.68. The second-order valence-electron chi connectivity index (χ2n) is 4.35. The Morgan fingerprint density at radius 1 is 1.58 bits per heavy atom. The number of aryl methyl sites for hydroxylation is 1. The van der Waals surface area contributed by atoms with E-state index in [4.69, 9.17) is 21.0 Å². The summed E-state index contributed by atoms with van der Waals surface area (Å²) in [7, 11) is 0. The van der Waals surface area contributed by atoms with Gasteiger partial charge in [0.15, 0.2) is 18.0 Å². The molecule has 106 valence electrons. The van der Waals surface area contributed by atoms with Crippen LogP contribution in [0.3, 0.4) is 0 Å². The van der Waals surface area contributed by atoms with Crippen LogP contribution >= 0.6 is 0 Å². The molecule has 19 heavy (non-hydrogen) atoms. The Kier molecular flexibility index (Phi) is 3.71. The zero-order valence-corrected chi connectivity index (χ0v) is 10.3. The molecule has 1 aromatic rings. The Morgan fingerprint density at radius 2 is 2.26 bits per heavy atom. The summed E-state index contributed by atoms with van der Waals surface area (Å²) in [5, 5.41) is 38.3. The summed E-state index contributed by atoms with van der Waals surface area (Å²) in [5.74, 6) is 0.590. The van der Waals surface area contributed by atoms with Crippen LogP contribution in [0.25, 0.3) is 0 Å². The van der Waals surface area contributed by atoms with Crippen molar-refractivity contribution in [3.05, 3.63) is 12.0 Å². The lowest BCUT2D eigenvalue weighted by Gasteiger charge is -2.17. The predicted molar refractivity (Wildman–Crippen MR) is 65.5 cm³/mol. The Labute approximate surface area is 109 Å². The number of imidazole rings is 1. The van der Waals surface area contributed by atoms with Crippen LogP contribution in [-0.2, 0) is 4.74 Å². The molecule has 0 spiro atoms. The van der Waals surface area contributed by atoms with Crippen molar-refractivity contribution in [1.29, 1.82) is 5.41 Å². The number of guanidine groups is 1. The van der Waals surface area contributed by atoms with Gasteiger partial charge in [0, 0.05) is 0 Å². The van der Waals surface area contributed by atoms with Crippen LogP contribution in [0.15, 0.2) is 6.20 Å². The minimum atomic E-state index is -1.17. The van der Waals surface area contributed by atoms with Gasteiger partial charge in [-0.3, -0.25) is 5.41 Å². The van der Waals surface area contributed by atoms with Crippen molar-refractivity contribution in [1.82, 2.24) is 9.55 Å². The zero-order chi connectivity index (χ0) is 14.2. The molecule has 1 aromatic heterocycles. The van der Waals surface area contributed by atoms with Crippen molar-refractivity contribution in [3.8, 4) is 0 Å². The van der Waals surface area contributed by atoms with E-state index in [1.165, 1.54) is 10.8 Å². The lowest BCUT2D eigenvalue weighted by molar-refractivity contribution is -0.0536. The van der Waals surface area contributed by atoms with Crippen LogP contribution in [0.5, 0.6) is 0 Å². The van der Waals surface area contributed by atoms with Crippen LogP contribution in [0.4, 0.5) is 5.82 Å². The van der Waals surface area contributed by atoms with Gasteiger partial charge in [0.25, 0.3) is 0 Å². The van der Waals surface area contributed by atoms with E-state index in [2.05, 4.69) is 10.3 Å². The van der Waals surface area contributed by atoms with Crippen LogP contribution in [0, 0.1) is 12.3 Å². The molecule has 2 rings (SSSR count). The second-order valence-corrected chi connectivity index (χ2v) is 4.35. The third-order valence-electron chi connectivity index (χ3n) is 2.97. The van der Waals surface area contributed by atoms with E-state index in [1.54, 1.807) is 6.92 Å². The number of nitrogens with two attached hydrogens (primary N) is 1. The molecule has 0 unspecified atom stereocenters. The van der Waals surface area contributed by atoms with Gasteiger partial charge >= 0.3 is 0 Å². The summed E-state index contributed by atoms with van der Waals surface area (Å²) in [5.41, 5.74) is 5.20. The quantitative estimate of drug-likeness (QED) is 0.278. The highest BCUT2D eigenvalue weighted by molar-refractivity contribution is 5.88. The predicted octanol–water partition coefficient (Wildman–Crippen LogP) is -1.89. The molecule has 4 atom stereocenters. The van der Waals surface area contributed by atoms with Crippen molar-refractivity contribution in [2.45, 2.75) is 31.5 Å². The molecule has 1 aliphatic rings. The van der Waals surface area contributed by atoms with E-state index in [0.717, 1.165) is 0 Å². The number of rotatable bonds is 3. The van der Waals surface area contributed by atoms with Crippen molar-refractivity contribution >= 4 is 11.8 Å². The van der Waals surface area contributed by atoms with E-state index in [0.29, 0.717) is 11.6 Å². The van der Waals surface area contributed by atoms with Gasteiger partial charge in [-0.15, -0.1) is 0 Å². The van der Waals surface area contributed by atoms with Gasteiger partial charge in [-0.1, -0.05) is 0 Å². The number of aliphatic hydroxyl groups is 3. The van der Waals surface area contributed by atoms with Crippen LogP contribution < -0.4 is 11.1 Å². The number of anilines is 1. The molecule has 1 aliphatic heterocycles. The summed E-state index contributed by atoms with van der Waals surface area (Å²) < 4.78 is 6.89. The average molecular weight is 271 g/mol. The molecule has 0 bridgehead atoms. The molecule has 0 aliphatic carbocycles. The van der Waals surface area contributed by atoms with Crippen LogP contribution in [-0.4, -0.2) is 55.7 Å². The maximum absolute atomic E-state index is 9.91. The maximum atomic E-state index is 9.91.